The van der Waals surface area contributed by atoms with Gasteiger partial charge in [-0.1, -0.05) is 48.0 Å². The van der Waals surface area contributed by atoms with Gasteiger partial charge in [-0.25, -0.2) is 0 Å². The predicted molar refractivity (Wildman–Crippen MR) is 102 cm³/mol. The second-order valence-electron chi connectivity index (χ2n) is 5.70. The molecule has 2 aromatic carbocycles. The van der Waals surface area contributed by atoms with Crippen molar-refractivity contribution < 1.29 is 9.47 Å². The highest BCUT2D eigenvalue weighted by Gasteiger charge is 2.02. The third-order valence-electron chi connectivity index (χ3n) is 3.79. The zero-order valence-electron chi connectivity index (χ0n) is 15.2. The van der Waals surface area contributed by atoms with Gasteiger partial charge in [0.2, 0.25) is 0 Å². The minimum Gasteiger partial charge on any atom is -0.496 e. The highest BCUT2D eigenvalue weighted by molar-refractivity contribution is 5.79. The maximum atomic E-state index is 5.71. The molecule has 0 saturated heterocycles. The summed E-state index contributed by atoms with van der Waals surface area (Å²) in [5, 5.41) is 6.54. The van der Waals surface area contributed by atoms with Gasteiger partial charge in [0.15, 0.2) is 5.96 Å². The molecule has 5 nitrogen and oxygen atoms in total. The first kappa shape index (κ1) is 18.8. The third kappa shape index (κ3) is 6.47. The van der Waals surface area contributed by atoms with Crippen molar-refractivity contribution in [1.82, 2.24) is 10.6 Å². The molecule has 2 rings (SSSR count). The second-order valence-corrected chi connectivity index (χ2v) is 5.70. The molecule has 0 bridgehead atoms. The summed E-state index contributed by atoms with van der Waals surface area (Å²) in [7, 11) is 3.43. The Labute approximate surface area is 150 Å². The number of ether oxygens (including phenoxy) is 2. The molecule has 2 aromatic rings. The molecule has 0 saturated carbocycles. The Balaban J connectivity index is 1.66. The van der Waals surface area contributed by atoms with E-state index in [2.05, 4.69) is 46.8 Å². The molecule has 0 atom stereocenters. The average Bonchev–Trinajstić information content (AvgIpc) is 2.65. The van der Waals surface area contributed by atoms with Crippen LogP contribution in [0.4, 0.5) is 0 Å². The fourth-order valence-electron chi connectivity index (χ4n) is 2.36. The van der Waals surface area contributed by atoms with E-state index >= 15 is 0 Å². The number of para-hydroxylation sites is 1. The van der Waals surface area contributed by atoms with E-state index < -0.39 is 0 Å². The molecule has 25 heavy (non-hydrogen) atoms. The van der Waals surface area contributed by atoms with Gasteiger partial charge in [-0.3, -0.25) is 4.99 Å². The Kier molecular flexibility index (Phi) is 7.79. The summed E-state index contributed by atoms with van der Waals surface area (Å²) in [5.74, 6) is 1.62. The molecule has 0 aliphatic rings. The van der Waals surface area contributed by atoms with Crippen LogP contribution in [0.5, 0.6) is 5.75 Å². The average molecular weight is 341 g/mol. The number of hydrogen-bond acceptors (Lipinski definition) is 3. The molecule has 0 fully saturated rings. The lowest BCUT2D eigenvalue weighted by Gasteiger charge is -2.13. The summed E-state index contributed by atoms with van der Waals surface area (Å²) in [6, 6.07) is 16.3. The van der Waals surface area contributed by atoms with Crippen LogP contribution in [0.2, 0.25) is 0 Å². The van der Waals surface area contributed by atoms with Gasteiger partial charge < -0.3 is 20.1 Å². The summed E-state index contributed by atoms with van der Waals surface area (Å²) in [5.41, 5.74) is 3.53. The quantitative estimate of drug-likeness (QED) is 0.440. The zero-order chi connectivity index (χ0) is 17.9. The van der Waals surface area contributed by atoms with Gasteiger partial charge in [0.1, 0.15) is 5.75 Å². The van der Waals surface area contributed by atoms with Crippen LogP contribution in [-0.4, -0.2) is 33.3 Å². The summed E-state index contributed by atoms with van der Waals surface area (Å²) in [6.45, 7) is 4.62. The number of nitrogens with one attached hydrogen (secondary N) is 2. The van der Waals surface area contributed by atoms with Crippen molar-refractivity contribution in [2.24, 2.45) is 4.99 Å². The van der Waals surface area contributed by atoms with Crippen LogP contribution < -0.4 is 15.4 Å². The maximum absolute atomic E-state index is 5.71. The summed E-state index contributed by atoms with van der Waals surface area (Å²) in [4.78, 5) is 4.22. The van der Waals surface area contributed by atoms with Crippen LogP contribution in [0.3, 0.4) is 0 Å². The van der Waals surface area contributed by atoms with Crippen LogP contribution in [-0.2, 0) is 17.9 Å². The van der Waals surface area contributed by atoms with Crippen LogP contribution in [0.1, 0.15) is 16.7 Å². The molecule has 0 aliphatic heterocycles. The van der Waals surface area contributed by atoms with E-state index in [1.54, 1.807) is 14.2 Å². The summed E-state index contributed by atoms with van der Waals surface area (Å²) in [6.07, 6.45) is 0. The topological polar surface area (TPSA) is 54.9 Å². The Morgan fingerprint density at radius 3 is 2.52 bits per heavy atom. The van der Waals surface area contributed by atoms with E-state index in [0.717, 1.165) is 23.8 Å². The van der Waals surface area contributed by atoms with Crippen LogP contribution in [0.25, 0.3) is 0 Å². The number of guanidine groups is 1. The number of nitrogens with zero attached hydrogens (tertiary/aromatic N) is 1. The van der Waals surface area contributed by atoms with E-state index in [1.165, 1.54) is 11.1 Å². The van der Waals surface area contributed by atoms with Gasteiger partial charge in [0, 0.05) is 25.7 Å². The maximum Gasteiger partial charge on any atom is 0.191 e. The lowest BCUT2D eigenvalue weighted by Crippen LogP contribution is -2.38. The third-order valence-corrected chi connectivity index (χ3v) is 3.79. The highest BCUT2D eigenvalue weighted by Crippen LogP contribution is 2.17. The van der Waals surface area contributed by atoms with Gasteiger partial charge in [0.05, 0.1) is 20.3 Å². The smallest absolute Gasteiger partial charge is 0.191 e. The molecule has 134 valence electrons. The molecule has 0 amide bonds. The number of hydrogen-bond donors (Lipinski definition) is 2. The number of rotatable bonds is 8. The summed E-state index contributed by atoms with van der Waals surface area (Å²) >= 11 is 0. The number of aliphatic imine (C=N–C) groups is 1. The van der Waals surface area contributed by atoms with Gasteiger partial charge >= 0.3 is 0 Å². The first-order valence-electron chi connectivity index (χ1n) is 8.42. The van der Waals surface area contributed by atoms with Crippen molar-refractivity contribution in [1.29, 1.82) is 0 Å². The molecule has 0 spiro atoms. The molecule has 2 N–H and O–H groups in total. The normalized spacial score (nSPS) is 11.2. The molecule has 5 heteroatoms. The van der Waals surface area contributed by atoms with Gasteiger partial charge in [-0.2, -0.15) is 0 Å². The number of methoxy groups -OCH3 is 1. The fourth-order valence-corrected chi connectivity index (χ4v) is 2.36. The van der Waals surface area contributed by atoms with E-state index in [9.17, 15) is 0 Å². The van der Waals surface area contributed by atoms with Crippen LogP contribution in [0.15, 0.2) is 53.5 Å². The van der Waals surface area contributed by atoms with Crippen molar-refractivity contribution in [2.75, 3.05) is 27.3 Å². The zero-order valence-corrected chi connectivity index (χ0v) is 15.2. The Morgan fingerprint density at radius 1 is 1.04 bits per heavy atom. The lowest BCUT2D eigenvalue weighted by atomic mass is 10.1. The monoisotopic (exact) mass is 341 g/mol. The molecule has 0 aromatic heterocycles. The SMILES string of the molecule is CN=C(NCCOCc1ccccc1OC)NCc1ccc(C)cc1. The van der Waals surface area contributed by atoms with Crippen molar-refractivity contribution in [3.63, 3.8) is 0 Å². The first-order chi connectivity index (χ1) is 12.2. The molecular weight excluding hydrogens is 314 g/mol. The van der Waals surface area contributed by atoms with Gasteiger partial charge in [-0.15, -0.1) is 0 Å². The van der Waals surface area contributed by atoms with E-state index in [4.69, 9.17) is 9.47 Å². The van der Waals surface area contributed by atoms with E-state index in [0.29, 0.717) is 19.8 Å². The molecule has 0 unspecified atom stereocenters. The molecule has 0 radical (unpaired) electrons. The fraction of sp³-hybridized carbons (Fsp3) is 0.350. The van der Waals surface area contributed by atoms with Crippen molar-refractivity contribution >= 4 is 5.96 Å². The predicted octanol–water partition coefficient (Wildman–Crippen LogP) is 2.89. The van der Waals surface area contributed by atoms with E-state index in [-0.39, 0.29) is 0 Å². The Hall–Kier alpha value is -2.53. The van der Waals surface area contributed by atoms with Crippen molar-refractivity contribution in [2.45, 2.75) is 20.1 Å². The molecule has 0 heterocycles. The standard InChI is InChI=1S/C20H27N3O2/c1-16-8-10-17(11-9-16)14-23-20(21-2)22-12-13-25-15-18-6-4-5-7-19(18)24-3/h4-11H,12-15H2,1-3H3,(H2,21,22,23). The number of aryl methyl sites for hydroxylation is 1. The second kappa shape index (κ2) is 10.4. The molecular formula is C20H27N3O2. The minimum atomic E-state index is 0.529. The van der Waals surface area contributed by atoms with Crippen molar-refractivity contribution in [3.05, 3.63) is 65.2 Å². The van der Waals surface area contributed by atoms with Gasteiger partial charge in [0.25, 0.3) is 0 Å². The van der Waals surface area contributed by atoms with E-state index in [1.807, 2.05) is 24.3 Å². The largest absolute Gasteiger partial charge is 0.496 e. The Morgan fingerprint density at radius 2 is 1.80 bits per heavy atom. The minimum absolute atomic E-state index is 0.529. The lowest BCUT2D eigenvalue weighted by molar-refractivity contribution is 0.123. The van der Waals surface area contributed by atoms with Crippen LogP contribution in [0, 0.1) is 6.92 Å². The number of benzene rings is 2. The van der Waals surface area contributed by atoms with Crippen molar-refractivity contribution in [3.8, 4) is 5.75 Å². The Bertz CT molecular complexity index is 669. The highest BCUT2D eigenvalue weighted by atomic mass is 16.5. The summed E-state index contributed by atoms with van der Waals surface area (Å²) < 4.78 is 11.0. The van der Waals surface area contributed by atoms with Gasteiger partial charge in [-0.05, 0) is 18.6 Å². The van der Waals surface area contributed by atoms with Crippen LogP contribution >= 0.6 is 0 Å². The molecule has 0 aliphatic carbocycles. The first-order valence-corrected chi connectivity index (χ1v) is 8.42.